The van der Waals surface area contributed by atoms with Crippen molar-refractivity contribution >= 4 is 17.0 Å². The number of carbonyl (C=O) groups is 1. The first-order chi connectivity index (χ1) is 5.74. The van der Waals surface area contributed by atoms with Crippen LogP contribution >= 0.6 is 11.8 Å². The molecule has 0 aliphatic carbocycles. The van der Waals surface area contributed by atoms with Gasteiger partial charge in [-0.15, -0.1) is 0 Å². The lowest BCUT2D eigenvalue weighted by molar-refractivity contribution is 0.262. The number of rotatable bonds is 4. The summed E-state index contributed by atoms with van der Waals surface area (Å²) < 4.78 is 0. The summed E-state index contributed by atoms with van der Waals surface area (Å²) in [6.07, 6.45) is 6.23. The van der Waals surface area contributed by atoms with Gasteiger partial charge in [0.15, 0.2) is 0 Å². The molecule has 0 aromatic carbocycles. The second-order valence-corrected chi connectivity index (χ2v) is 3.65. The van der Waals surface area contributed by atoms with Crippen molar-refractivity contribution in [1.29, 1.82) is 0 Å². The van der Waals surface area contributed by atoms with Gasteiger partial charge in [-0.05, 0) is 12.8 Å². The fourth-order valence-corrected chi connectivity index (χ4v) is 1.49. The number of carbonyl (C=O) groups excluding carboxylic acids is 1. The highest BCUT2D eigenvalue weighted by Crippen LogP contribution is 2.16. The van der Waals surface area contributed by atoms with Gasteiger partial charge in [-0.2, -0.15) is 0 Å². The maximum atomic E-state index is 11.0. The molecule has 0 heterocycles. The average Bonchev–Trinajstić information content (AvgIpc) is 2.11. The normalized spacial score (nSPS) is 13.2. The number of thioether (sulfide) groups is 1. The maximum Gasteiger partial charge on any atom is 0.279 e. The molecule has 2 nitrogen and oxygen atoms in total. The van der Waals surface area contributed by atoms with Crippen LogP contribution in [-0.4, -0.2) is 17.5 Å². The van der Waals surface area contributed by atoms with Crippen molar-refractivity contribution in [2.75, 3.05) is 7.05 Å². The molecule has 1 amide bonds. The zero-order valence-electron chi connectivity index (χ0n) is 7.96. The number of hydrogen-bond donors (Lipinski definition) is 1. The zero-order chi connectivity index (χ0) is 9.40. The molecule has 1 N–H and O–H groups in total. The van der Waals surface area contributed by atoms with Crippen molar-refractivity contribution in [2.45, 2.75) is 31.9 Å². The summed E-state index contributed by atoms with van der Waals surface area (Å²) in [4.78, 5) is 11.0. The lowest BCUT2D eigenvalue weighted by Crippen LogP contribution is -2.14. The Morgan fingerprint density at radius 3 is 2.67 bits per heavy atom. The van der Waals surface area contributed by atoms with E-state index in [1.807, 2.05) is 0 Å². The highest BCUT2D eigenvalue weighted by atomic mass is 32.2. The van der Waals surface area contributed by atoms with Crippen LogP contribution in [0.4, 0.5) is 4.79 Å². The molecule has 0 aliphatic heterocycles. The molecular weight excluding hydrogens is 170 g/mol. The second-order valence-electron chi connectivity index (χ2n) is 2.44. The summed E-state index contributed by atoms with van der Waals surface area (Å²) in [7, 11) is 1.66. The van der Waals surface area contributed by atoms with E-state index in [9.17, 15) is 4.79 Å². The molecule has 0 aromatic rings. The monoisotopic (exact) mass is 187 g/mol. The van der Waals surface area contributed by atoms with Crippen LogP contribution in [0, 0.1) is 0 Å². The maximum absolute atomic E-state index is 11.0. The van der Waals surface area contributed by atoms with Crippen LogP contribution < -0.4 is 5.32 Å². The Labute approximate surface area is 78.8 Å². The third-order valence-corrected chi connectivity index (χ3v) is 2.66. The Hall–Kier alpha value is -0.440. The molecule has 0 saturated heterocycles. The smallest absolute Gasteiger partial charge is 0.279 e. The number of allylic oxidation sites excluding steroid dienone is 1. The third-order valence-electron chi connectivity index (χ3n) is 1.45. The summed E-state index contributed by atoms with van der Waals surface area (Å²) in [5.74, 6) is 0. The Morgan fingerprint density at radius 1 is 1.58 bits per heavy atom. The SMILES string of the molecule is CC/C=C/[C@@H](CC)SC(=O)NC. The second kappa shape index (κ2) is 7.22. The van der Waals surface area contributed by atoms with E-state index in [1.165, 1.54) is 11.8 Å². The van der Waals surface area contributed by atoms with Crippen molar-refractivity contribution < 1.29 is 4.79 Å². The Morgan fingerprint density at radius 2 is 2.25 bits per heavy atom. The van der Waals surface area contributed by atoms with Crippen LogP contribution in [0.15, 0.2) is 12.2 Å². The summed E-state index contributed by atoms with van der Waals surface area (Å²) >= 11 is 1.35. The fraction of sp³-hybridized carbons (Fsp3) is 0.667. The van der Waals surface area contributed by atoms with Gasteiger partial charge in [0.1, 0.15) is 0 Å². The van der Waals surface area contributed by atoms with Crippen molar-refractivity contribution in [3.63, 3.8) is 0 Å². The van der Waals surface area contributed by atoms with E-state index >= 15 is 0 Å². The number of hydrogen-bond acceptors (Lipinski definition) is 2. The third kappa shape index (κ3) is 5.24. The fourth-order valence-electron chi connectivity index (χ4n) is 0.743. The van der Waals surface area contributed by atoms with E-state index in [0.29, 0.717) is 5.25 Å². The molecule has 0 rings (SSSR count). The summed E-state index contributed by atoms with van der Waals surface area (Å²) in [5.41, 5.74) is 0. The van der Waals surface area contributed by atoms with Gasteiger partial charge in [-0.3, -0.25) is 4.79 Å². The molecule has 0 bridgehead atoms. The molecule has 0 aliphatic rings. The lowest BCUT2D eigenvalue weighted by Gasteiger charge is -2.07. The molecule has 0 unspecified atom stereocenters. The zero-order valence-corrected chi connectivity index (χ0v) is 8.78. The van der Waals surface area contributed by atoms with Gasteiger partial charge in [0.25, 0.3) is 5.24 Å². The van der Waals surface area contributed by atoms with E-state index in [-0.39, 0.29) is 5.24 Å². The minimum absolute atomic E-state index is 0.0441. The number of amides is 1. The van der Waals surface area contributed by atoms with Crippen molar-refractivity contribution in [3.8, 4) is 0 Å². The van der Waals surface area contributed by atoms with Crippen molar-refractivity contribution in [3.05, 3.63) is 12.2 Å². The molecule has 1 atom stereocenters. The van der Waals surface area contributed by atoms with Gasteiger partial charge in [-0.25, -0.2) is 0 Å². The molecule has 0 saturated carbocycles. The highest BCUT2D eigenvalue weighted by Gasteiger charge is 2.07. The predicted molar refractivity (Wildman–Crippen MR) is 55.6 cm³/mol. The Kier molecular flexibility index (Phi) is 6.96. The molecule has 12 heavy (non-hydrogen) atoms. The van der Waals surface area contributed by atoms with Crippen LogP contribution in [0.1, 0.15) is 26.7 Å². The summed E-state index contributed by atoms with van der Waals surface area (Å²) in [5, 5.41) is 2.96. The first kappa shape index (κ1) is 11.6. The largest absolute Gasteiger partial charge is 0.350 e. The molecule has 3 heteroatoms. The summed E-state index contributed by atoms with van der Waals surface area (Å²) in [6.45, 7) is 4.17. The van der Waals surface area contributed by atoms with Gasteiger partial charge in [0.2, 0.25) is 0 Å². The van der Waals surface area contributed by atoms with Gasteiger partial charge in [0.05, 0.1) is 0 Å². The molecule has 0 radical (unpaired) electrons. The van der Waals surface area contributed by atoms with Gasteiger partial charge >= 0.3 is 0 Å². The Bertz CT molecular complexity index is 157. The van der Waals surface area contributed by atoms with E-state index < -0.39 is 0 Å². The Balaban J connectivity index is 3.82. The molecular formula is C9H17NOS. The van der Waals surface area contributed by atoms with Crippen molar-refractivity contribution in [2.24, 2.45) is 0 Å². The quantitative estimate of drug-likeness (QED) is 0.686. The minimum Gasteiger partial charge on any atom is -0.350 e. The topological polar surface area (TPSA) is 29.1 Å². The minimum atomic E-state index is 0.0441. The van der Waals surface area contributed by atoms with Crippen LogP contribution in [0.2, 0.25) is 0 Å². The molecule has 0 spiro atoms. The van der Waals surface area contributed by atoms with Crippen LogP contribution in [0.25, 0.3) is 0 Å². The average molecular weight is 187 g/mol. The molecule has 0 fully saturated rings. The highest BCUT2D eigenvalue weighted by molar-refractivity contribution is 8.14. The van der Waals surface area contributed by atoms with E-state index in [4.69, 9.17) is 0 Å². The number of nitrogens with one attached hydrogen (secondary N) is 1. The van der Waals surface area contributed by atoms with Gasteiger partial charge in [0, 0.05) is 12.3 Å². The van der Waals surface area contributed by atoms with E-state index in [1.54, 1.807) is 7.05 Å². The van der Waals surface area contributed by atoms with E-state index in [0.717, 1.165) is 12.8 Å². The van der Waals surface area contributed by atoms with Crippen LogP contribution in [0.5, 0.6) is 0 Å². The van der Waals surface area contributed by atoms with Gasteiger partial charge < -0.3 is 5.32 Å². The predicted octanol–water partition coefficient (Wildman–Crippen LogP) is 2.80. The van der Waals surface area contributed by atoms with Crippen LogP contribution in [-0.2, 0) is 0 Å². The first-order valence-electron chi connectivity index (χ1n) is 4.29. The standard InChI is InChI=1S/C9H17NOS/c1-4-6-7-8(5-2)12-9(11)10-3/h6-8H,4-5H2,1-3H3,(H,10,11)/b7-6+/t8-/m1/s1. The molecule has 0 aromatic heterocycles. The summed E-state index contributed by atoms with van der Waals surface area (Å²) in [6, 6.07) is 0. The first-order valence-corrected chi connectivity index (χ1v) is 5.17. The van der Waals surface area contributed by atoms with E-state index in [2.05, 4.69) is 31.3 Å². The van der Waals surface area contributed by atoms with Gasteiger partial charge in [-0.1, -0.05) is 37.8 Å². The molecule has 70 valence electrons. The van der Waals surface area contributed by atoms with Crippen molar-refractivity contribution in [1.82, 2.24) is 5.32 Å². The van der Waals surface area contributed by atoms with Crippen LogP contribution in [0.3, 0.4) is 0 Å². The lowest BCUT2D eigenvalue weighted by atomic mass is 10.3.